The third-order valence-corrected chi connectivity index (χ3v) is 7.65. The van der Waals surface area contributed by atoms with Gasteiger partial charge < -0.3 is 15.6 Å². The maximum absolute atomic E-state index is 12.4. The van der Waals surface area contributed by atoms with Crippen LogP contribution in [-0.4, -0.2) is 54.4 Å². The van der Waals surface area contributed by atoms with E-state index in [1.807, 2.05) is 0 Å². The molecule has 0 spiro atoms. The maximum Gasteiger partial charge on any atom is 0.476 e. The molecule has 5 atom stereocenters. The third kappa shape index (κ3) is 3.94. The first-order valence-corrected chi connectivity index (χ1v) is 12.9. The van der Waals surface area contributed by atoms with Gasteiger partial charge >= 0.3 is 7.15 Å². The number of imidazole rings is 1. The van der Waals surface area contributed by atoms with Gasteiger partial charge in [-0.15, -0.1) is 0 Å². The molecule has 2 fully saturated rings. The van der Waals surface area contributed by atoms with E-state index in [2.05, 4.69) is 27.2 Å². The largest absolute Gasteiger partial charge is 0.476 e. The number of benzene rings is 1. The van der Waals surface area contributed by atoms with Gasteiger partial charge in [-0.3, -0.25) is 14.3 Å². The van der Waals surface area contributed by atoms with E-state index in [-0.39, 0.29) is 23.7 Å². The number of nitrogens with two attached hydrogens (primary N) is 1. The van der Waals surface area contributed by atoms with Gasteiger partial charge in [0.05, 0.1) is 12.2 Å². The minimum absolute atomic E-state index is 0.0194. The average molecular weight is 505 g/mol. The summed E-state index contributed by atoms with van der Waals surface area (Å²) in [5.41, 5.74) is 5.38. The smallest absolute Gasteiger partial charge is 0.385 e. The number of aliphatic hydroxyl groups excluding tert-OH is 1. The number of aromatic amines is 1. The van der Waals surface area contributed by atoms with E-state index in [1.54, 1.807) is 24.3 Å². The first-order chi connectivity index (χ1) is 14.7. The molecule has 2 saturated heterocycles. The molecule has 2 aliphatic rings. The number of nitrogens with zero attached hydrogens (tertiary/aromatic N) is 3. The number of hydrogen-bond donors (Lipinski definition) is 5. The third-order valence-electron chi connectivity index (χ3n) is 4.79. The van der Waals surface area contributed by atoms with Crippen LogP contribution in [0.3, 0.4) is 0 Å². The molecule has 4 heterocycles. The van der Waals surface area contributed by atoms with Crippen LogP contribution in [0, 0.1) is 0 Å². The van der Waals surface area contributed by atoms with Gasteiger partial charge in [0.15, 0.2) is 28.7 Å². The number of fused-ring (bicyclic) bond motifs is 2. The quantitative estimate of drug-likeness (QED) is 0.263. The summed E-state index contributed by atoms with van der Waals surface area (Å²) in [6, 6.07) is 7.02. The van der Waals surface area contributed by atoms with Crippen LogP contribution in [0.2, 0.25) is 5.02 Å². The van der Waals surface area contributed by atoms with Crippen molar-refractivity contribution in [3.05, 3.63) is 39.6 Å². The number of aromatic nitrogens is 4. The van der Waals surface area contributed by atoms with Gasteiger partial charge in [0, 0.05) is 9.92 Å². The number of thiol groups is 1. The highest BCUT2D eigenvalue weighted by Crippen LogP contribution is 2.66. The van der Waals surface area contributed by atoms with E-state index in [1.165, 1.54) is 16.3 Å². The highest BCUT2D eigenvalue weighted by Gasteiger charge is 2.58. The molecule has 2 aliphatic heterocycles. The maximum atomic E-state index is 12.4. The number of nitrogen functional groups attached to an aromatic ring is 1. The zero-order chi connectivity index (χ0) is 21.9. The van der Waals surface area contributed by atoms with Gasteiger partial charge in [-0.1, -0.05) is 23.4 Å². The Hall–Kier alpha value is -1.41. The lowest BCUT2D eigenvalue weighted by molar-refractivity contribution is -0.0625. The van der Waals surface area contributed by atoms with E-state index in [4.69, 9.17) is 31.1 Å². The summed E-state index contributed by atoms with van der Waals surface area (Å²) < 4.78 is 18.1. The van der Waals surface area contributed by atoms with Crippen molar-refractivity contribution in [2.24, 2.45) is 0 Å². The van der Waals surface area contributed by atoms with Crippen LogP contribution in [-0.2, 0) is 13.8 Å². The normalized spacial score (nSPS) is 30.6. The van der Waals surface area contributed by atoms with E-state index in [0.29, 0.717) is 10.2 Å². The first-order valence-electron chi connectivity index (χ1n) is 8.94. The van der Waals surface area contributed by atoms with Crippen LogP contribution < -0.4 is 11.3 Å². The Balaban J connectivity index is 1.61. The zero-order valence-electron chi connectivity index (χ0n) is 15.5. The lowest BCUT2D eigenvalue weighted by Gasteiger charge is -2.25. The SMILES string of the molecule is Nc1nc2c(nc(Sc3ccc(Cl)cc3)n2[C@@H]2O[C@H]3CO[P+](O)(S)O[C@@H]3[C@H]2O)c(=O)[nH]1. The van der Waals surface area contributed by atoms with Crippen molar-refractivity contribution >= 4 is 59.9 Å². The van der Waals surface area contributed by atoms with Crippen LogP contribution in [0.4, 0.5) is 5.95 Å². The molecule has 3 aromatic rings. The van der Waals surface area contributed by atoms with Crippen LogP contribution in [0.15, 0.2) is 39.1 Å². The van der Waals surface area contributed by atoms with Crippen molar-refractivity contribution in [2.75, 3.05) is 12.3 Å². The molecule has 0 bridgehead atoms. The number of hydrogen-bond acceptors (Lipinski definition) is 11. The molecule has 11 nitrogen and oxygen atoms in total. The highest BCUT2D eigenvalue weighted by atomic mass is 35.5. The number of anilines is 1. The number of ether oxygens (including phenoxy) is 1. The molecule has 0 aliphatic carbocycles. The Kier molecular flexibility index (Phi) is 5.44. The predicted molar refractivity (Wildman–Crippen MR) is 117 cm³/mol. The lowest BCUT2D eigenvalue weighted by Crippen LogP contribution is -2.39. The Morgan fingerprint density at radius 2 is 2.10 bits per heavy atom. The predicted octanol–water partition coefficient (Wildman–Crippen LogP) is 1.78. The second-order valence-electron chi connectivity index (χ2n) is 6.86. The fourth-order valence-corrected chi connectivity index (χ4v) is 5.99. The summed E-state index contributed by atoms with van der Waals surface area (Å²) in [7, 11) is -3.36. The molecular formula is C16H16ClN5O6PS2+. The number of halogens is 1. The fourth-order valence-electron chi connectivity index (χ4n) is 3.45. The lowest BCUT2D eigenvalue weighted by atomic mass is 10.1. The van der Waals surface area contributed by atoms with Crippen molar-refractivity contribution in [3.8, 4) is 0 Å². The summed E-state index contributed by atoms with van der Waals surface area (Å²) in [5.74, 6) is -0.109. The van der Waals surface area contributed by atoms with Crippen LogP contribution >= 0.6 is 42.8 Å². The van der Waals surface area contributed by atoms with Crippen molar-refractivity contribution in [1.82, 2.24) is 19.5 Å². The molecule has 5 N–H and O–H groups in total. The Morgan fingerprint density at radius 1 is 1.35 bits per heavy atom. The summed E-state index contributed by atoms with van der Waals surface area (Å²) in [6.07, 6.45) is -3.81. The van der Waals surface area contributed by atoms with E-state index in [0.717, 1.165) is 4.90 Å². The summed E-state index contributed by atoms with van der Waals surface area (Å²) in [4.78, 5) is 34.3. The average Bonchev–Trinajstić information content (AvgIpc) is 3.20. The van der Waals surface area contributed by atoms with Gasteiger partial charge in [0.1, 0.15) is 18.8 Å². The van der Waals surface area contributed by atoms with E-state index >= 15 is 0 Å². The standard InChI is InChI=1S/C16H15ClN5O6PS2/c17-6-1-3-7(4-2-6)31-16-19-9-12(20-15(18)21-13(9)24)22(16)14-10(23)11-8(27-14)5-26-29(25,30)28-11/h1-4,8,10-11,14,23,25,30H,5H2,(H2-,18,20,21,24)/p+1/t8-,10+,11-,14+,29?/m0/s1. The van der Waals surface area contributed by atoms with Gasteiger partial charge in [-0.2, -0.15) is 18.9 Å². The van der Waals surface area contributed by atoms with Gasteiger partial charge in [0.2, 0.25) is 5.95 Å². The highest BCUT2D eigenvalue weighted by molar-refractivity contribution is 8.47. The minimum Gasteiger partial charge on any atom is -0.385 e. The van der Waals surface area contributed by atoms with Crippen molar-refractivity contribution < 1.29 is 23.8 Å². The molecule has 0 saturated carbocycles. The Morgan fingerprint density at radius 3 is 2.84 bits per heavy atom. The molecule has 31 heavy (non-hydrogen) atoms. The minimum atomic E-state index is -3.36. The van der Waals surface area contributed by atoms with E-state index in [9.17, 15) is 14.8 Å². The number of nitrogens with one attached hydrogen (secondary N) is 1. The second kappa shape index (κ2) is 7.87. The molecule has 0 amide bonds. The molecule has 0 radical (unpaired) electrons. The van der Waals surface area contributed by atoms with Crippen LogP contribution in [0.5, 0.6) is 0 Å². The molecule has 1 unspecified atom stereocenters. The van der Waals surface area contributed by atoms with Crippen molar-refractivity contribution in [2.45, 2.75) is 34.6 Å². The summed E-state index contributed by atoms with van der Waals surface area (Å²) >= 11 is 11.2. The van der Waals surface area contributed by atoms with Crippen LogP contribution in [0.1, 0.15) is 6.23 Å². The molecular weight excluding hydrogens is 489 g/mol. The van der Waals surface area contributed by atoms with Crippen molar-refractivity contribution in [1.29, 1.82) is 0 Å². The zero-order valence-corrected chi connectivity index (χ0v) is 18.8. The first kappa shape index (κ1) is 21.4. The van der Waals surface area contributed by atoms with Gasteiger partial charge in [-0.05, 0) is 24.3 Å². The number of aliphatic hydroxyl groups is 1. The van der Waals surface area contributed by atoms with Gasteiger partial charge in [0.25, 0.3) is 5.56 Å². The molecule has 2 aromatic heterocycles. The van der Waals surface area contributed by atoms with E-state index < -0.39 is 37.2 Å². The van der Waals surface area contributed by atoms with Crippen LogP contribution in [0.25, 0.3) is 11.2 Å². The molecule has 15 heteroatoms. The van der Waals surface area contributed by atoms with Gasteiger partial charge in [-0.25, -0.2) is 4.98 Å². The summed E-state index contributed by atoms with van der Waals surface area (Å²) in [5, 5.41) is 11.9. The molecule has 164 valence electrons. The Bertz CT molecular complexity index is 1210. The Labute approximate surface area is 189 Å². The second-order valence-corrected chi connectivity index (χ2v) is 11.3. The van der Waals surface area contributed by atoms with Crippen molar-refractivity contribution in [3.63, 3.8) is 0 Å². The summed E-state index contributed by atoms with van der Waals surface area (Å²) in [6.45, 7) is -0.0194. The number of H-pyrrole nitrogens is 1. The number of rotatable bonds is 3. The fraction of sp³-hybridized carbons (Fsp3) is 0.312. The monoisotopic (exact) mass is 504 g/mol. The molecule has 1 aromatic carbocycles. The topological polar surface area (TPSA) is 158 Å². The molecule has 5 rings (SSSR count).